The lowest BCUT2D eigenvalue weighted by molar-refractivity contribution is 0.503. The monoisotopic (exact) mass is 344 g/mol. The topological polar surface area (TPSA) is 48.0 Å². The molecule has 0 fully saturated rings. The van der Waals surface area contributed by atoms with E-state index in [0.29, 0.717) is 17.3 Å². The molecule has 1 aromatic carbocycles. The van der Waals surface area contributed by atoms with Gasteiger partial charge in [-0.2, -0.15) is 5.10 Å². The van der Waals surface area contributed by atoms with E-state index in [1.54, 1.807) is 4.68 Å². The van der Waals surface area contributed by atoms with Gasteiger partial charge in [0.1, 0.15) is 0 Å². The maximum Gasteiger partial charge on any atom is 0.341 e. The van der Waals surface area contributed by atoms with E-state index in [0.717, 1.165) is 47.0 Å². The summed E-state index contributed by atoms with van der Waals surface area (Å²) in [6.45, 7) is 6.60. The molecule has 0 spiro atoms. The Kier molecular flexibility index (Phi) is 4.76. The molecule has 0 N–H and O–H groups in total. The number of rotatable bonds is 5. The maximum atomic E-state index is 12.4. The zero-order valence-electron chi connectivity index (χ0n) is 14.2. The smallest absolute Gasteiger partial charge is 0.341 e. The number of fused-ring (bicyclic) bond motifs is 1. The highest BCUT2D eigenvalue weighted by molar-refractivity contribution is 6.30. The second-order valence-electron chi connectivity index (χ2n) is 6.15. The van der Waals surface area contributed by atoms with Crippen LogP contribution in [0, 0.1) is 13.8 Å². The first-order valence-corrected chi connectivity index (χ1v) is 8.63. The molecule has 126 valence electrons. The van der Waals surface area contributed by atoms with Crippen LogP contribution < -0.4 is 5.63 Å². The minimum absolute atomic E-state index is 0.245. The summed E-state index contributed by atoms with van der Waals surface area (Å²) >= 11 is 5.93. The van der Waals surface area contributed by atoms with Gasteiger partial charge in [0, 0.05) is 10.6 Å². The van der Waals surface area contributed by atoms with Gasteiger partial charge in [0.25, 0.3) is 0 Å². The molecule has 2 heterocycles. The molecule has 4 nitrogen and oxygen atoms in total. The van der Waals surface area contributed by atoms with Crippen molar-refractivity contribution < 1.29 is 4.42 Å². The van der Waals surface area contributed by atoms with Crippen LogP contribution in [0.25, 0.3) is 11.1 Å². The van der Waals surface area contributed by atoms with Gasteiger partial charge < -0.3 is 4.42 Å². The van der Waals surface area contributed by atoms with Crippen LogP contribution in [-0.4, -0.2) is 9.78 Å². The fourth-order valence-corrected chi connectivity index (χ4v) is 3.19. The minimum atomic E-state index is -0.245. The van der Waals surface area contributed by atoms with Crippen molar-refractivity contribution in [3.63, 3.8) is 0 Å². The van der Waals surface area contributed by atoms with E-state index in [9.17, 15) is 4.79 Å². The zero-order valence-corrected chi connectivity index (χ0v) is 15.0. The first-order valence-electron chi connectivity index (χ1n) is 8.25. The molecule has 0 unspecified atom stereocenters. The van der Waals surface area contributed by atoms with Crippen molar-refractivity contribution in [2.45, 2.75) is 46.6 Å². The fraction of sp³-hybridized carbons (Fsp3) is 0.368. The molecule has 0 amide bonds. The van der Waals surface area contributed by atoms with E-state index >= 15 is 0 Å². The van der Waals surface area contributed by atoms with Gasteiger partial charge in [0.15, 0.2) is 0 Å². The van der Waals surface area contributed by atoms with E-state index in [-0.39, 0.29) is 5.63 Å². The van der Waals surface area contributed by atoms with Crippen LogP contribution in [-0.2, 0) is 13.0 Å². The molecule has 0 radical (unpaired) electrons. The van der Waals surface area contributed by atoms with E-state index < -0.39 is 0 Å². The Morgan fingerprint density at radius 3 is 2.58 bits per heavy atom. The number of aryl methyl sites for hydroxylation is 2. The predicted octanol–water partition coefficient (Wildman–Crippen LogP) is 4.65. The van der Waals surface area contributed by atoms with Crippen molar-refractivity contribution in [1.82, 2.24) is 9.78 Å². The van der Waals surface area contributed by atoms with Gasteiger partial charge in [0.05, 0.1) is 17.6 Å². The summed E-state index contributed by atoms with van der Waals surface area (Å²) in [4.78, 5) is 12.4. The molecule has 0 saturated carbocycles. The van der Waals surface area contributed by atoms with Crippen LogP contribution in [0.1, 0.15) is 42.1 Å². The third kappa shape index (κ3) is 3.11. The highest BCUT2D eigenvalue weighted by Gasteiger charge is 2.18. The molecule has 3 aromatic rings. The maximum absolute atomic E-state index is 12.4. The largest absolute Gasteiger partial charge is 0.404 e. The first kappa shape index (κ1) is 16.8. The summed E-state index contributed by atoms with van der Waals surface area (Å²) < 4.78 is 7.39. The van der Waals surface area contributed by atoms with Gasteiger partial charge in [-0.15, -0.1) is 0 Å². The highest BCUT2D eigenvalue weighted by Crippen LogP contribution is 2.24. The average molecular weight is 345 g/mol. The Balaban J connectivity index is 2.08. The zero-order chi connectivity index (χ0) is 17.3. The molecule has 0 aliphatic carbocycles. The average Bonchev–Trinajstić information content (AvgIpc) is 2.85. The van der Waals surface area contributed by atoms with Crippen LogP contribution in [0.5, 0.6) is 0 Å². The van der Waals surface area contributed by atoms with Gasteiger partial charge in [-0.05, 0) is 49.9 Å². The molecule has 0 aliphatic rings. The second-order valence-corrected chi connectivity index (χ2v) is 6.58. The molecule has 0 bridgehead atoms. The molecule has 3 rings (SSSR count). The van der Waals surface area contributed by atoms with Crippen molar-refractivity contribution in [2.75, 3.05) is 0 Å². The Labute approximate surface area is 146 Å². The molecule has 0 aliphatic heterocycles. The van der Waals surface area contributed by atoms with Crippen molar-refractivity contribution in [3.05, 3.63) is 62.1 Å². The SMILES string of the molecule is CCCCc1c(C)c2c(C)nn(Cc3ccc(Cl)cc3)c2oc1=O. The lowest BCUT2D eigenvalue weighted by Crippen LogP contribution is -2.11. The van der Waals surface area contributed by atoms with Gasteiger partial charge in [-0.1, -0.05) is 37.1 Å². The van der Waals surface area contributed by atoms with Gasteiger partial charge in [-0.25, -0.2) is 9.48 Å². The lowest BCUT2D eigenvalue weighted by atomic mass is 10.0. The Hall–Kier alpha value is -2.07. The quantitative estimate of drug-likeness (QED) is 0.676. The van der Waals surface area contributed by atoms with Crippen molar-refractivity contribution >= 4 is 22.7 Å². The second kappa shape index (κ2) is 6.81. The number of benzene rings is 1. The van der Waals surface area contributed by atoms with E-state index in [4.69, 9.17) is 16.0 Å². The van der Waals surface area contributed by atoms with E-state index in [1.165, 1.54) is 0 Å². The van der Waals surface area contributed by atoms with Crippen LogP contribution in [0.3, 0.4) is 0 Å². The molecule has 2 aromatic heterocycles. The Morgan fingerprint density at radius 2 is 1.92 bits per heavy atom. The summed E-state index contributed by atoms with van der Waals surface area (Å²) in [5.74, 6) is 0. The van der Waals surface area contributed by atoms with Crippen LogP contribution >= 0.6 is 11.6 Å². The lowest BCUT2D eigenvalue weighted by Gasteiger charge is -2.06. The van der Waals surface area contributed by atoms with Gasteiger partial charge >= 0.3 is 5.63 Å². The van der Waals surface area contributed by atoms with Gasteiger partial charge in [-0.3, -0.25) is 0 Å². The van der Waals surface area contributed by atoms with Crippen LogP contribution in [0.15, 0.2) is 33.5 Å². The summed E-state index contributed by atoms with van der Waals surface area (Å²) in [5, 5.41) is 6.23. The number of aromatic nitrogens is 2. The molecule has 24 heavy (non-hydrogen) atoms. The van der Waals surface area contributed by atoms with Crippen molar-refractivity contribution in [1.29, 1.82) is 0 Å². The standard InChI is InChI=1S/C19H21ClN2O2/c1-4-5-6-16-12(2)17-13(3)21-22(18(17)24-19(16)23)11-14-7-9-15(20)10-8-14/h7-10H,4-6,11H2,1-3H3. The van der Waals surface area contributed by atoms with E-state index in [1.807, 2.05) is 38.1 Å². The van der Waals surface area contributed by atoms with Crippen LogP contribution in [0.4, 0.5) is 0 Å². The fourth-order valence-electron chi connectivity index (χ4n) is 3.06. The molecule has 0 atom stereocenters. The molecular weight excluding hydrogens is 324 g/mol. The number of unbranched alkanes of at least 4 members (excludes halogenated alkanes) is 1. The number of halogens is 1. The molecule has 5 heteroatoms. The highest BCUT2D eigenvalue weighted by atomic mass is 35.5. The van der Waals surface area contributed by atoms with Gasteiger partial charge in [0.2, 0.25) is 5.71 Å². The normalized spacial score (nSPS) is 11.3. The molecular formula is C19H21ClN2O2. The summed E-state index contributed by atoms with van der Waals surface area (Å²) in [6, 6.07) is 7.59. The predicted molar refractivity (Wildman–Crippen MR) is 96.9 cm³/mol. The van der Waals surface area contributed by atoms with Crippen molar-refractivity contribution in [3.8, 4) is 0 Å². The summed E-state index contributed by atoms with van der Waals surface area (Å²) in [6.07, 6.45) is 2.78. The minimum Gasteiger partial charge on any atom is -0.404 e. The number of nitrogens with zero attached hydrogens (tertiary/aromatic N) is 2. The number of hydrogen-bond donors (Lipinski definition) is 0. The number of hydrogen-bond acceptors (Lipinski definition) is 3. The first-order chi connectivity index (χ1) is 11.5. The van der Waals surface area contributed by atoms with Crippen LogP contribution in [0.2, 0.25) is 5.02 Å². The molecule has 0 saturated heterocycles. The third-order valence-corrected chi connectivity index (χ3v) is 4.62. The van der Waals surface area contributed by atoms with Crippen molar-refractivity contribution in [2.24, 2.45) is 0 Å². The summed E-state index contributed by atoms with van der Waals surface area (Å²) in [7, 11) is 0. The third-order valence-electron chi connectivity index (χ3n) is 4.37. The van der Waals surface area contributed by atoms with E-state index in [2.05, 4.69) is 12.0 Å². The Bertz CT molecular complexity index is 923. The summed E-state index contributed by atoms with van der Waals surface area (Å²) in [5.41, 5.74) is 4.01. The Morgan fingerprint density at radius 1 is 1.21 bits per heavy atom.